The Hall–Kier alpha value is -2.24. The van der Waals surface area contributed by atoms with E-state index in [4.69, 9.17) is 14.5 Å². The van der Waals surface area contributed by atoms with Crippen LogP contribution in [0.5, 0.6) is 11.5 Å². The summed E-state index contributed by atoms with van der Waals surface area (Å²) >= 11 is 0. The lowest BCUT2D eigenvalue weighted by Gasteiger charge is -2.29. The van der Waals surface area contributed by atoms with Crippen molar-refractivity contribution >= 4 is 17.0 Å². The smallest absolute Gasteiger partial charge is 0.327 e. The van der Waals surface area contributed by atoms with Crippen molar-refractivity contribution in [2.75, 3.05) is 6.79 Å². The SMILES string of the molecule is CC(C)C(C(=O)O)n1c(C2CCC2)nc2cc3c(cc21)OCO3. The van der Waals surface area contributed by atoms with E-state index < -0.39 is 12.0 Å². The standard InChI is InChI=1S/C17H20N2O4/c1-9(2)15(17(20)21)19-12-7-14-13(22-8-23-14)6-11(12)18-16(19)10-4-3-5-10/h6-7,9-10,15H,3-5,8H2,1-2H3,(H,20,21). The Morgan fingerprint density at radius 2 is 2.00 bits per heavy atom. The van der Waals surface area contributed by atoms with Gasteiger partial charge in [-0.3, -0.25) is 0 Å². The van der Waals surface area contributed by atoms with E-state index in [2.05, 4.69) is 0 Å². The molecule has 1 saturated carbocycles. The molecule has 122 valence electrons. The van der Waals surface area contributed by atoms with Crippen molar-refractivity contribution in [3.05, 3.63) is 18.0 Å². The molecule has 1 unspecified atom stereocenters. The molecule has 1 N–H and O–H groups in total. The topological polar surface area (TPSA) is 73.6 Å². The molecule has 1 aromatic heterocycles. The zero-order valence-corrected chi connectivity index (χ0v) is 13.3. The van der Waals surface area contributed by atoms with Gasteiger partial charge >= 0.3 is 5.97 Å². The largest absolute Gasteiger partial charge is 0.480 e. The lowest BCUT2D eigenvalue weighted by Crippen LogP contribution is -2.28. The van der Waals surface area contributed by atoms with Crippen LogP contribution in [0.2, 0.25) is 0 Å². The molecule has 0 amide bonds. The van der Waals surface area contributed by atoms with E-state index in [0.29, 0.717) is 17.4 Å². The van der Waals surface area contributed by atoms with E-state index in [1.54, 1.807) is 0 Å². The van der Waals surface area contributed by atoms with E-state index in [0.717, 1.165) is 29.7 Å². The summed E-state index contributed by atoms with van der Waals surface area (Å²) in [5.74, 6) is 1.72. The molecule has 0 saturated heterocycles. The van der Waals surface area contributed by atoms with E-state index in [-0.39, 0.29) is 12.7 Å². The van der Waals surface area contributed by atoms with Gasteiger partial charge in [-0.1, -0.05) is 20.3 Å². The van der Waals surface area contributed by atoms with Crippen LogP contribution in [0.1, 0.15) is 50.9 Å². The van der Waals surface area contributed by atoms with Crippen molar-refractivity contribution < 1.29 is 19.4 Å². The van der Waals surface area contributed by atoms with E-state index in [1.165, 1.54) is 6.42 Å². The van der Waals surface area contributed by atoms with Crippen LogP contribution < -0.4 is 9.47 Å². The van der Waals surface area contributed by atoms with E-state index >= 15 is 0 Å². The number of rotatable bonds is 4. The maximum Gasteiger partial charge on any atom is 0.327 e. The third-order valence-corrected chi connectivity index (χ3v) is 4.84. The Balaban J connectivity index is 1.95. The van der Waals surface area contributed by atoms with Gasteiger partial charge in [0.05, 0.1) is 11.0 Å². The van der Waals surface area contributed by atoms with Gasteiger partial charge in [-0.05, 0) is 18.8 Å². The molecule has 2 aromatic rings. The molecular formula is C17H20N2O4. The molecule has 2 aliphatic rings. The van der Waals surface area contributed by atoms with Crippen molar-refractivity contribution in [1.29, 1.82) is 0 Å². The number of hydrogen-bond donors (Lipinski definition) is 1. The molecule has 2 heterocycles. The monoisotopic (exact) mass is 316 g/mol. The summed E-state index contributed by atoms with van der Waals surface area (Å²) in [5, 5.41) is 9.76. The third kappa shape index (κ3) is 2.16. The predicted octanol–water partition coefficient (Wildman–Crippen LogP) is 3.31. The fraction of sp³-hybridized carbons (Fsp3) is 0.529. The summed E-state index contributed by atoms with van der Waals surface area (Å²) < 4.78 is 12.8. The quantitative estimate of drug-likeness (QED) is 0.936. The second-order valence-corrected chi connectivity index (χ2v) is 6.69. The molecule has 0 radical (unpaired) electrons. The molecule has 1 aromatic carbocycles. The zero-order valence-electron chi connectivity index (χ0n) is 13.3. The summed E-state index contributed by atoms with van der Waals surface area (Å²) in [6.07, 6.45) is 3.32. The summed E-state index contributed by atoms with van der Waals surface area (Å²) in [5.41, 5.74) is 1.60. The number of carboxylic acids is 1. The minimum absolute atomic E-state index is 0.0332. The van der Waals surface area contributed by atoms with E-state index in [1.807, 2.05) is 30.5 Å². The molecule has 4 rings (SSSR count). The first kappa shape index (κ1) is 14.4. The number of hydrogen-bond acceptors (Lipinski definition) is 4. The van der Waals surface area contributed by atoms with Gasteiger partial charge < -0.3 is 19.1 Å². The molecule has 6 nitrogen and oxygen atoms in total. The van der Waals surface area contributed by atoms with Crippen LogP contribution in [0.25, 0.3) is 11.0 Å². The fourth-order valence-electron chi connectivity index (χ4n) is 3.44. The van der Waals surface area contributed by atoms with Crippen LogP contribution in [-0.4, -0.2) is 27.4 Å². The predicted molar refractivity (Wildman–Crippen MR) is 84.0 cm³/mol. The van der Waals surface area contributed by atoms with Gasteiger partial charge in [-0.2, -0.15) is 0 Å². The van der Waals surface area contributed by atoms with Gasteiger partial charge in [0.2, 0.25) is 6.79 Å². The molecule has 0 bridgehead atoms. The number of carboxylic acid groups (broad SMARTS) is 1. The zero-order chi connectivity index (χ0) is 16.1. The first-order valence-corrected chi connectivity index (χ1v) is 8.10. The summed E-state index contributed by atoms with van der Waals surface area (Å²) in [7, 11) is 0. The first-order valence-electron chi connectivity index (χ1n) is 8.10. The lowest BCUT2D eigenvalue weighted by molar-refractivity contribution is -0.142. The second kappa shape index (κ2) is 5.15. The molecule has 0 spiro atoms. The van der Waals surface area contributed by atoms with Crippen LogP contribution in [0.4, 0.5) is 0 Å². The average Bonchev–Trinajstić information content (AvgIpc) is 2.99. The minimum atomic E-state index is -0.822. The van der Waals surface area contributed by atoms with Gasteiger partial charge in [0.1, 0.15) is 11.9 Å². The minimum Gasteiger partial charge on any atom is -0.480 e. The Kier molecular flexibility index (Phi) is 3.21. The maximum absolute atomic E-state index is 11.9. The molecule has 1 fully saturated rings. The van der Waals surface area contributed by atoms with E-state index in [9.17, 15) is 9.90 Å². The van der Waals surface area contributed by atoms with Crippen molar-refractivity contribution in [2.45, 2.75) is 45.1 Å². The van der Waals surface area contributed by atoms with Gasteiger partial charge in [-0.25, -0.2) is 9.78 Å². The number of carbonyl (C=O) groups is 1. The number of imidazole rings is 1. The van der Waals surface area contributed by atoms with Crippen LogP contribution in [0, 0.1) is 5.92 Å². The molecule has 1 aliphatic heterocycles. The summed E-state index contributed by atoms with van der Waals surface area (Å²) in [6, 6.07) is 3.09. The van der Waals surface area contributed by atoms with Gasteiger partial charge in [-0.15, -0.1) is 0 Å². The van der Waals surface area contributed by atoms with Crippen LogP contribution in [0.15, 0.2) is 12.1 Å². The highest BCUT2D eigenvalue weighted by molar-refractivity contribution is 5.84. The number of ether oxygens (including phenoxy) is 2. The van der Waals surface area contributed by atoms with Crippen molar-refractivity contribution in [2.24, 2.45) is 5.92 Å². The molecule has 23 heavy (non-hydrogen) atoms. The lowest BCUT2D eigenvalue weighted by atomic mass is 9.84. The maximum atomic E-state index is 11.9. The fourth-order valence-corrected chi connectivity index (χ4v) is 3.44. The molecule has 6 heteroatoms. The normalized spacial score (nSPS) is 18.4. The highest BCUT2D eigenvalue weighted by atomic mass is 16.7. The Morgan fingerprint density at radius 1 is 1.30 bits per heavy atom. The van der Waals surface area contributed by atoms with Crippen LogP contribution >= 0.6 is 0 Å². The number of aromatic nitrogens is 2. The highest BCUT2D eigenvalue weighted by Crippen LogP contribution is 2.42. The molecule has 1 atom stereocenters. The van der Waals surface area contributed by atoms with Crippen LogP contribution in [0.3, 0.4) is 0 Å². The summed E-state index contributed by atoms with van der Waals surface area (Å²) in [6.45, 7) is 4.06. The number of aliphatic carboxylic acids is 1. The Morgan fingerprint density at radius 3 is 2.57 bits per heavy atom. The summed E-state index contributed by atoms with van der Waals surface area (Å²) in [4.78, 5) is 16.7. The first-order chi connectivity index (χ1) is 11.1. The van der Waals surface area contributed by atoms with Crippen molar-refractivity contribution in [1.82, 2.24) is 9.55 Å². The van der Waals surface area contributed by atoms with Gasteiger partial charge in [0.25, 0.3) is 0 Å². The second-order valence-electron chi connectivity index (χ2n) is 6.69. The van der Waals surface area contributed by atoms with Gasteiger partial charge in [0.15, 0.2) is 11.5 Å². The highest BCUT2D eigenvalue weighted by Gasteiger charge is 2.34. The average molecular weight is 316 g/mol. The number of benzene rings is 1. The van der Waals surface area contributed by atoms with Crippen molar-refractivity contribution in [3.63, 3.8) is 0 Å². The Bertz CT molecular complexity index is 776. The Labute approximate surface area is 134 Å². The van der Waals surface area contributed by atoms with Crippen LogP contribution in [-0.2, 0) is 4.79 Å². The number of fused-ring (bicyclic) bond motifs is 2. The number of nitrogens with zero attached hydrogens (tertiary/aromatic N) is 2. The molecular weight excluding hydrogens is 296 g/mol. The van der Waals surface area contributed by atoms with Crippen molar-refractivity contribution in [3.8, 4) is 11.5 Å². The third-order valence-electron chi connectivity index (χ3n) is 4.84. The van der Waals surface area contributed by atoms with Gasteiger partial charge in [0, 0.05) is 18.1 Å². The molecule has 1 aliphatic carbocycles.